The van der Waals surface area contributed by atoms with Crippen LogP contribution in [0.2, 0.25) is 0 Å². The molecule has 1 heterocycles. The van der Waals surface area contributed by atoms with Crippen LogP contribution < -0.4 is 5.32 Å². The summed E-state index contributed by atoms with van der Waals surface area (Å²) in [5.41, 5.74) is 1.91. The van der Waals surface area contributed by atoms with Crippen LogP contribution in [0.5, 0.6) is 0 Å². The smallest absolute Gasteiger partial charge is 0.261 e. The van der Waals surface area contributed by atoms with Crippen molar-refractivity contribution in [2.45, 2.75) is 43.9 Å². The minimum absolute atomic E-state index is 0.0856. The maximum atomic E-state index is 12.7. The molecule has 1 aliphatic carbocycles. The quantitative estimate of drug-likeness (QED) is 0.801. The minimum atomic E-state index is -0.564. The van der Waals surface area contributed by atoms with Gasteiger partial charge in [-0.15, -0.1) is 0 Å². The first-order chi connectivity index (χ1) is 13.1. The van der Waals surface area contributed by atoms with Crippen LogP contribution in [0.25, 0.3) is 0 Å². The van der Waals surface area contributed by atoms with Crippen LogP contribution in [0.3, 0.4) is 0 Å². The van der Waals surface area contributed by atoms with Crippen LogP contribution in [-0.4, -0.2) is 40.4 Å². The molecule has 2 N–H and O–H groups in total. The summed E-state index contributed by atoms with van der Waals surface area (Å²) in [7, 11) is 0. The number of amides is 2. The van der Waals surface area contributed by atoms with E-state index in [1.165, 1.54) is 4.90 Å². The van der Waals surface area contributed by atoms with E-state index in [-0.39, 0.29) is 23.9 Å². The van der Waals surface area contributed by atoms with Gasteiger partial charge in [0, 0.05) is 18.6 Å². The lowest BCUT2D eigenvalue weighted by molar-refractivity contribution is 0.0528. The molecular formula is C22H24N2O3. The molecule has 2 aromatic carbocycles. The SMILES string of the molecule is O=C1c2ccccc2C(=O)N1C1CCCC(NCC(O)c2ccccc2)C1. The van der Waals surface area contributed by atoms with Crippen molar-refractivity contribution < 1.29 is 14.7 Å². The van der Waals surface area contributed by atoms with Crippen LogP contribution in [0.4, 0.5) is 0 Å². The molecule has 5 heteroatoms. The predicted octanol–water partition coefficient (Wildman–Crippen LogP) is 2.92. The summed E-state index contributed by atoms with van der Waals surface area (Å²) < 4.78 is 0. The summed E-state index contributed by atoms with van der Waals surface area (Å²) in [5.74, 6) is -0.351. The highest BCUT2D eigenvalue weighted by Gasteiger charge is 2.41. The Morgan fingerprint density at radius 1 is 0.963 bits per heavy atom. The van der Waals surface area contributed by atoms with Gasteiger partial charge in [0.1, 0.15) is 0 Å². The number of benzene rings is 2. The number of nitrogens with one attached hydrogen (secondary N) is 1. The molecular weight excluding hydrogens is 340 g/mol. The third kappa shape index (κ3) is 3.53. The molecule has 0 radical (unpaired) electrons. The zero-order valence-electron chi connectivity index (χ0n) is 15.2. The molecule has 2 aliphatic rings. The van der Waals surface area contributed by atoms with Gasteiger partial charge in [-0.05, 0) is 43.4 Å². The Balaban J connectivity index is 1.39. The molecule has 4 rings (SSSR count). The van der Waals surface area contributed by atoms with Gasteiger partial charge in [-0.2, -0.15) is 0 Å². The lowest BCUT2D eigenvalue weighted by Crippen LogP contribution is -2.47. The lowest BCUT2D eigenvalue weighted by atomic mass is 9.89. The maximum absolute atomic E-state index is 12.7. The highest BCUT2D eigenvalue weighted by Crippen LogP contribution is 2.31. The first-order valence-corrected chi connectivity index (χ1v) is 9.58. The van der Waals surface area contributed by atoms with Crippen LogP contribution in [0.15, 0.2) is 54.6 Å². The van der Waals surface area contributed by atoms with Crippen molar-refractivity contribution in [2.75, 3.05) is 6.54 Å². The number of fused-ring (bicyclic) bond motifs is 1. The van der Waals surface area contributed by atoms with E-state index >= 15 is 0 Å². The zero-order chi connectivity index (χ0) is 18.8. The number of imide groups is 1. The molecule has 0 bridgehead atoms. The molecule has 0 spiro atoms. The van der Waals surface area contributed by atoms with Crippen molar-refractivity contribution in [3.63, 3.8) is 0 Å². The van der Waals surface area contributed by atoms with Crippen molar-refractivity contribution >= 4 is 11.8 Å². The highest BCUT2D eigenvalue weighted by atomic mass is 16.3. The summed E-state index contributed by atoms with van der Waals surface area (Å²) in [6.45, 7) is 0.462. The Hall–Kier alpha value is -2.50. The van der Waals surface area contributed by atoms with Crippen molar-refractivity contribution in [2.24, 2.45) is 0 Å². The first-order valence-electron chi connectivity index (χ1n) is 9.58. The van der Waals surface area contributed by atoms with Crippen LogP contribution in [0.1, 0.15) is 58.1 Å². The Bertz CT molecular complexity index is 801. The van der Waals surface area contributed by atoms with E-state index in [4.69, 9.17) is 0 Å². The maximum Gasteiger partial charge on any atom is 0.261 e. The number of nitrogens with zero attached hydrogens (tertiary/aromatic N) is 1. The molecule has 1 saturated carbocycles. The van der Waals surface area contributed by atoms with Gasteiger partial charge in [0.2, 0.25) is 0 Å². The van der Waals surface area contributed by atoms with Gasteiger partial charge >= 0.3 is 0 Å². The highest BCUT2D eigenvalue weighted by molar-refractivity contribution is 6.21. The Labute approximate surface area is 159 Å². The number of rotatable bonds is 5. The fraction of sp³-hybridized carbons (Fsp3) is 0.364. The van der Waals surface area contributed by atoms with E-state index in [0.717, 1.165) is 31.2 Å². The molecule has 2 aromatic rings. The molecule has 0 aromatic heterocycles. The van der Waals surface area contributed by atoms with Gasteiger partial charge in [0.15, 0.2) is 0 Å². The number of hydrogen-bond acceptors (Lipinski definition) is 4. The van der Waals surface area contributed by atoms with E-state index in [1.807, 2.05) is 30.3 Å². The largest absolute Gasteiger partial charge is 0.387 e. The predicted molar refractivity (Wildman–Crippen MR) is 102 cm³/mol. The number of aliphatic hydroxyl groups is 1. The fourth-order valence-corrected chi connectivity index (χ4v) is 4.19. The van der Waals surface area contributed by atoms with E-state index in [2.05, 4.69) is 5.32 Å². The van der Waals surface area contributed by atoms with Crippen molar-refractivity contribution in [1.29, 1.82) is 0 Å². The van der Waals surface area contributed by atoms with Gasteiger partial charge in [0.25, 0.3) is 11.8 Å². The second-order valence-electron chi connectivity index (χ2n) is 7.38. The zero-order valence-corrected chi connectivity index (χ0v) is 15.2. The average molecular weight is 364 g/mol. The van der Waals surface area contributed by atoms with Crippen molar-refractivity contribution in [3.05, 3.63) is 71.3 Å². The third-order valence-electron chi connectivity index (χ3n) is 5.62. The molecule has 2 amide bonds. The summed E-state index contributed by atoms with van der Waals surface area (Å²) in [6.07, 6.45) is 2.95. The average Bonchev–Trinajstić information content (AvgIpc) is 2.98. The van der Waals surface area contributed by atoms with Crippen molar-refractivity contribution in [1.82, 2.24) is 10.2 Å². The molecule has 3 atom stereocenters. The Morgan fingerprint density at radius 2 is 1.59 bits per heavy atom. The molecule has 3 unspecified atom stereocenters. The normalized spacial score (nSPS) is 23.4. The topological polar surface area (TPSA) is 69.6 Å². The van der Waals surface area contributed by atoms with Crippen LogP contribution >= 0.6 is 0 Å². The van der Waals surface area contributed by atoms with Gasteiger partial charge in [-0.25, -0.2) is 0 Å². The van der Waals surface area contributed by atoms with Gasteiger partial charge in [-0.3, -0.25) is 14.5 Å². The van der Waals surface area contributed by atoms with Gasteiger partial charge in [0.05, 0.1) is 17.2 Å². The Kier molecular flexibility index (Phi) is 5.05. The Morgan fingerprint density at radius 3 is 2.26 bits per heavy atom. The molecule has 1 fully saturated rings. The second-order valence-corrected chi connectivity index (χ2v) is 7.38. The first kappa shape index (κ1) is 17.9. The third-order valence-corrected chi connectivity index (χ3v) is 5.62. The molecule has 0 saturated heterocycles. The molecule has 1 aliphatic heterocycles. The molecule has 140 valence electrons. The number of aliphatic hydroxyl groups excluding tert-OH is 1. The summed E-state index contributed by atoms with van der Waals surface area (Å²) in [5, 5.41) is 13.8. The summed E-state index contributed by atoms with van der Waals surface area (Å²) >= 11 is 0. The van der Waals surface area contributed by atoms with E-state index in [9.17, 15) is 14.7 Å². The van der Waals surface area contributed by atoms with Gasteiger partial charge in [-0.1, -0.05) is 42.5 Å². The van der Waals surface area contributed by atoms with Gasteiger partial charge < -0.3 is 10.4 Å². The number of carbonyl (C=O) groups excluding carboxylic acids is 2. The fourth-order valence-electron chi connectivity index (χ4n) is 4.19. The van der Waals surface area contributed by atoms with Crippen molar-refractivity contribution in [3.8, 4) is 0 Å². The monoisotopic (exact) mass is 364 g/mol. The van der Waals surface area contributed by atoms with E-state index in [0.29, 0.717) is 17.7 Å². The lowest BCUT2D eigenvalue weighted by Gasteiger charge is -2.35. The van der Waals surface area contributed by atoms with Crippen LogP contribution in [0, 0.1) is 0 Å². The number of hydrogen-bond donors (Lipinski definition) is 2. The van der Waals surface area contributed by atoms with E-state index < -0.39 is 6.10 Å². The minimum Gasteiger partial charge on any atom is -0.387 e. The van der Waals surface area contributed by atoms with E-state index in [1.54, 1.807) is 24.3 Å². The molecule has 5 nitrogen and oxygen atoms in total. The summed E-state index contributed by atoms with van der Waals surface area (Å²) in [6, 6.07) is 16.7. The molecule has 27 heavy (non-hydrogen) atoms. The standard InChI is InChI=1S/C22H24N2O3/c25-20(15-7-2-1-3-8-15)14-23-16-9-6-10-17(13-16)24-21(26)18-11-4-5-12-19(18)22(24)27/h1-5,7-8,11-12,16-17,20,23,25H,6,9-10,13-14H2. The number of carbonyl (C=O) groups is 2. The summed E-state index contributed by atoms with van der Waals surface area (Å²) in [4.78, 5) is 26.9. The second kappa shape index (κ2) is 7.62. The van der Waals surface area contributed by atoms with Crippen LogP contribution in [-0.2, 0) is 0 Å².